The molecule has 0 saturated heterocycles. The first-order chi connectivity index (χ1) is 18.0. The monoisotopic (exact) mass is 519 g/mol. The molecule has 6 nitrogen and oxygen atoms in total. The lowest BCUT2D eigenvalue weighted by Crippen LogP contribution is -2.39. The Hall–Kier alpha value is -3.03. The molecule has 1 unspecified atom stereocenters. The Morgan fingerprint density at radius 2 is 1.84 bits per heavy atom. The molecule has 0 spiro atoms. The highest BCUT2D eigenvalue weighted by molar-refractivity contribution is 7.87. The molecule has 2 aliphatic heterocycles. The van der Waals surface area contributed by atoms with Crippen LogP contribution in [-0.4, -0.2) is 33.6 Å². The minimum Gasteiger partial charge on any atom is -0.494 e. The van der Waals surface area contributed by atoms with Crippen LogP contribution in [0.5, 0.6) is 17.2 Å². The highest BCUT2D eigenvalue weighted by Crippen LogP contribution is 2.45. The van der Waals surface area contributed by atoms with Crippen LogP contribution in [0, 0.1) is 5.92 Å². The van der Waals surface area contributed by atoms with Gasteiger partial charge in [-0.1, -0.05) is 49.6 Å². The van der Waals surface area contributed by atoms with Crippen molar-refractivity contribution in [2.75, 3.05) is 20.3 Å². The fourth-order valence-electron chi connectivity index (χ4n) is 5.80. The quantitative estimate of drug-likeness (QED) is 0.357. The van der Waals surface area contributed by atoms with Gasteiger partial charge in [-0.15, -0.1) is 0 Å². The zero-order valence-electron chi connectivity index (χ0n) is 21.2. The van der Waals surface area contributed by atoms with Crippen LogP contribution in [0.15, 0.2) is 65.6 Å². The van der Waals surface area contributed by atoms with Crippen LogP contribution in [0.25, 0.3) is 0 Å². The summed E-state index contributed by atoms with van der Waals surface area (Å²) in [6.45, 7) is 2.30. The largest absolute Gasteiger partial charge is 0.494 e. The molecule has 1 fully saturated rings. The van der Waals surface area contributed by atoms with Crippen molar-refractivity contribution < 1.29 is 22.1 Å². The lowest BCUT2D eigenvalue weighted by atomic mass is 9.83. The molecule has 0 N–H and O–H groups in total. The fraction of sp³-hybridized carbons (Fsp3) is 0.400. The molecule has 0 radical (unpaired) electrons. The van der Waals surface area contributed by atoms with Gasteiger partial charge in [0.2, 0.25) is 0 Å². The number of fused-ring (bicyclic) bond motifs is 4. The molecule has 2 heterocycles. The van der Waals surface area contributed by atoms with E-state index in [2.05, 4.69) is 23.1 Å². The minimum absolute atomic E-state index is 0.126. The summed E-state index contributed by atoms with van der Waals surface area (Å²) in [7, 11) is -2.45. The Bertz CT molecular complexity index is 1380. The van der Waals surface area contributed by atoms with Crippen molar-refractivity contribution in [3.63, 3.8) is 0 Å². The van der Waals surface area contributed by atoms with Gasteiger partial charge < -0.3 is 13.7 Å². The maximum Gasteiger partial charge on any atom is 0.339 e. The number of rotatable bonds is 8. The van der Waals surface area contributed by atoms with E-state index in [1.807, 2.05) is 12.1 Å². The molecule has 3 aliphatic rings. The molecule has 1 saturated carbocycles. The average Bonchev–Trinajstić information content (AvgIpc) is 2.89. The number of ether oxygens (including phenoxy) is 2. The minimum atomic E-state index is -3.99. The molecule has 194 valence electrons. The van der Waals surface area contributed by atoms with Crippen LogP contribution >= 0.6 is 0 Å². The summed E-state index contributed by atoms with van der Waals surface area (Å²) < 4.78 is 43.5. The Kier molecular flexibility index (Phi) is 6.59. The lowest BCUT2D eigenvalue weighted by molar-refractivity contribution is 0.158. The summed E-state index contributed by atoms with van der Waals surface area (Å²) in [5, 5.41) is 0. The summed E-state index contributed by atoms with van der Waals surface area (Å²) >= 11 is 0. The van der Waals surface area contributed by atoms with Crippen LogP contribution < -0.4 is 13.7 Å². The number of hydrogen-bond acceptors (Lipinski definition) is 6. The summed E-state index contributed by atoms with van der Waals surface area (Å²) in [5.41, 5.74) is 4.66. The van der Waals surface area contributed by atoms with Crippen molar-refractivity contribution in [2.45, 2.75) is 56.0 Å². The van der Waals surface area contributed by atoms with Crippen molar-refractivity contribution in [1.82, 2.24) is 4.90 Å². The number of nitrogens with zero attached hydrogens (tertiary/aromatic N) is 1. The third-order valence-corrected chi connectivity index (χ3v) is 9.38. The molecule has 1 atom stereocenters. The molecule has 37 heavy (non-hydrogen) atoms. The summed E-state index contributed by atoms with van der Waals surface area (Å²) in [5.74, 6) is 2.54. The van der Waals surface area contributed by atoms with Gasteiger partial charge in [-0.2, -0.15) is 8.42 Å². The standard InChI is InChI=1S/C30H33NO5S/c1-34-29-13-10-22-19-28-26-12-11-24(35-17-15-21-6-5-7-21)18-23(26)14-16-31(28)20-27(22)30(29)36-37(32,33)25-8-3-2-4-9-25/h2-4,8-13,18,21,28H,5-7,14-17,19-20H2,1H3. The van der Waals surface area contributed by atoms with E-state index in [1.54, 1.807) is 37.4 Å². The number of methoxy groups -OCH3 is 1. The third-order valence-electron chi connectivity index (χ3n) is 8.14. The van der Waals surface area contributed by atoms with Gasteiger partial charge >= 0.3 is 10.1 Å². The Morgan fingerprint density at radius 3 is 2.59 bits per heavy atom. The number of benzene rings is 3. The van der Waals surface area contributed by atoms with Crippen LogP contribution in [-0.2, 0) is 29.5 Å². The normalized spacial score (nSPS) is 19.2. The van der Waals surface area contributed by atoms with Crippen molar-refractivity contribution in [2.24, 2.45) is 5.92 Å². The van der Waals surface area contributed by atoms with Gasteiger partial charge in [0.05, 0.1) is 13.7 Å². The molecule has 3 aromatic carbocycles. The van der Waals surface area contributed by atoms with Crippen LogP contribution in [0.3, 0.4) is 0 Å². The van der Waals surface area contributed by atoms with E-state index in [4.69, 9.17) is 13.7 Å². The molecule has 6 rings (SSSR count). The van der Waals surface area contributed by atoms with Crippen molar-refractivity contribution >= 4 is 10.1 Å². The Labute approximate surface area is 219 Å². The predicted octanol–water partition coefficient (Wildman–Crippen LogP) is 5.69. The molecule has 0 bridgehead atoms. The van der Waals surface area contributed by atoms with Crippen molar-refractivity contribution in [1.29, 1.82) is 0 Å². The van der Waals surface area contributed by atoms with Gasteiger partial charge in [-0.05, 0) is 72.2 Å². The van der Waals surface area contributed by atoms with E-state index < -0.39 is 10.1 Å². The van der Waals surface area contributed by atoms with E-state index in [0.717, 1.165) is 55.2 Å². The maximum atomic E-state index is 13.1. The zero-order valence-corrected chi connectivity index (χ0v) is 22.0. The Balaban J connectivity index is 1.25. The van der Waals surface area contributed by atoms with Crippen LogP contribution in [0.2, 0.25) is 0 Å². The summed E-state index contributed by atoms with van der Waals surface area (Å²) in [6.07, 6.45) is 6.94. The first-order valence-corrected chi connectivity index (χ1v) is 14.6. The zero-order chi connectivity index (χ0) is 25.4. The molecular weight excluding hydrogens is 486 g/mol. The van der Waals surface area contributed by atoms with E-state index in [0.29, 0.717) is 18.0 Å². The first-order valence-electron chi connectivity index (χ1n) is 13.2. The van der Waals surface area contributed by atoms with Gasteiger partial charge in [0.25, 0.3) is 0 Å². The Morgan fingerprint density at radius 1 is 1.00 bits per heavy atom. The molecule has 7 heteroatoms. The van der Waals surface area contributed by atoms with E-state index in [-0.39, 0.29) is 10.9 Å². The second kappa shape index (κ2) is 10.0. The molecule has 1 aliphatic carbocycles. The highest BCUT2D eigenvalue weighted by atomic mass is 32.2. The lowest BCUT2D eigenvalue weighted by Gasteiger charge is -2.42. The second-order valence-electron chi connectivity index (χ2n) is 10.3. The number of hydrogen-bond donors (Lipinski definition) is 0. The predicted molar refractivity (Wildman–Crippen MR) is 142 cm³/mol. The molecule has 0 amide bonds. The van der Waals surface area contributed by atoms with Crippen LogP contribution in [0.4, 0.5) is 0 Å². The van der Waals surface area contributed by atoms with Crippen molar-refractivity contribution in [3.8, 4) is 17.2 Å². The SMILES string of the molecule is COc1ccc2c(c1OS(=O)(=O)c1ccccc1)CN1CCc3cc(OCCC4CCC4)ccc3C1C2. The third kappa shape index (κ3) is 4.82. The second-order valence-corrected chi connectivity index (χ2v) is 11.9. The first kappa shape index (κ1) is 24.3. The van der Waals surface area contributed by atoms with Crippen molar-refractivity contribution in [3.05, 3.63) is 82.9 Å². The van der Waals surface area contributed by atoms with E-state index >= 15 is 0 Å². The van der Waals surface area contributed by atoms with E-state index in [1.165, 1.54) is 30.4 Å². The van der Waals surface area contributed by atoms with Gasteiger partial charge in [-0.3, -0.25) is 4.90 Å². The summed E-state index contributed by atoms with van der Waals surface area (Å²) in [6, 6.07) is 18.9. The van der Waals surface area contributed by atoms with Crippen LogP contribution in [0.1, 0.15) is 54.0 Å². The van der Waals surface area contributed by atoms with Gasteiger partial charge in [0, 0.05) is 24.7 Å². The van der Waals surface area contributed by atoms with Gasteiger partial charge in [0.1, 0.15) is 10.6 Å². The molecule has 3 aromatic rings. The summed E-state index contributed by atoms with van der Waals surface area (Å²) in [4.78, 5) is 2.55. The molecular formula is C30H33NO5S. The highest BCUT2D eigenvalue weighted by Gasteiger charge is 2.35. The topological polar surface area (TPSA) is 65.1 Å². The van der Waals surface area contributed by atoms with Gasteiger partial charge in [-0.25, -0.2) is 0 Å². The smallest absolute Gasteiger partial charge is 0.339 e. The van der Waals surface area contributed by atoms with E-state index in [9.17, 15) is 8.42 Å². The van der Waals surface area contributed by atoms with Gasteiger partial charge in [0.15, 0.2) is 11.5 Å². The fourth-order valence-corrected chi connectivity index (χ4v) is 6.79. The average molecular weight is 520 g/mol. The molecule has 0 aromatic heterocycles. The maximum absolute atomic E-state index is 13.1.